The van der Waals surface area contributed by atoms with Crippen molar-refractivity contribution < 1.29 is 4.74 Å². The van der Waals surface area contributed by atoms with E-state index in [0.717, 1.165) is 38.7 Å². The lowest BCUT2D eigenvalue weighted by molar-refractivity contribution is 0.414. The number of hydrogen-bond donors (Lipinski definition) is 0. The van der Waals surface area contributed by atoms with Crippen LogP contribution in [0.3, 0.4) is 0 Å². The molecule has 0 amide bonds. The largest absolute Gasteiger partial charge is 0.497 e. The van der Waals surface area contributed by atoms with Gasteiger partial charge in [0.05, 0.1) is 22.7 Å². The van der Waals surface area contributed by atoms with E-state index in [-0.39, 0.29) is 5.56 Å². The van der Waals surface area contributed by atoms with Crippen molar-refractivity contribution in [1.82, 2.24) is 14.0 Å². The van der Waals surface area contributed by atoms with Crippen molar-refractivity contribution in [3.05, 3.63) is 86.4 Å². The third-order valence-electron chi connectivity index (χ3n) is 5.26. The van der Waals surface area contributed by atoms with E-state index in [1.165, 1.54) is 16.9 Å². The minimum Gasteiger partial charge on any atom is -0.497 e. The molecule has 0 unspecified atom stereocenters. The van der Waals surface area contributed by atoms with E-state index >= 15 is 0 Å². The Morgan fingerprint density at radius 3 is 2.59 bits per heavy atom. The number of aryl methyl sites for hydroxylation is 2. The third kappa shape index (κ3) is 2.84. The van der Waals surface area contributed by atoms with Crippen LogP contribution >= 0.6 is 11.3 Å². The minimum atomic E-state index is -0.0294. The summed E-state index contributed by atoms with van der Waals surface area (Å²) in [5.74, 6) is 0.810. The van der Waals surface area contributed by atoms with E-state index in [1.807, 2.05) is 65.4 Å². The van der Waals surface area contributed by atoms with E-state index in [1.54, 1.807) is 11.5 Å². The number of aromatic nitrogens is 3. The van der Waals surface area contributed by atoms with Crippen LogP contribution in [-0.4, -0.2) is 21.1 Å². The Balaban J connectivity index is 1.67. The maximum Gasteiger partial charge on any atom is 0.275 e. The van der Waals surface area contributed by atoms with E-state index in [0.29, 0.717) is 4.53 Å². The molecule has 0 radical (unpaired) electrons. The molecule has 5 aromatic rings. The monoisotopic (exact) mass is 401 g/mol. The Bertz CT molecular complexity index is 1470. The number of fused-ring (bicyclic) bond motifs is 3. The highest BCUT2D eigenvalue weighted by Crippen LogP contribution is 2.21. The van der Waals surface area contributed by atoms with Gasteiger partial charge in [-0.25, -0.2) is 9.38 Å². The first-order chi connectivity index (χ1) is 14.0. The fraction of sp³-hybridized carbons (Fsp3) is 0.130. The zero-order valence-corrected chi connectivity index (χ0v) is 17.2. The van der Waals surface area contributed by atoms with Gasteiger partial charge in [0.25, 0.3) is 5.56 Å². The maximum absolute atomic E-state index is 13.1. The van der Waals surface area contributed by atoms with Crippen LogP contribution in [0.2, 0.25) is 0 Å². The van der Waals surface area contributed by atoms with Crippen molar-refractivity contribution in [3.63, 3.8) is 0 Å². The SMILES string of the molecule is COc1ccc(-n2cccc2/C=c2\sc3nc4cc(C)c(C)cc4n3c2=O)cc1. The lowest BCUT2D eigenvalue weighted by atomic mass is 10.1. The van der Waals surface area contributed by atoms with Crippen LogP contribution in [0.15, 0.2) is 59.5 Å². The van der Waals surface area contributed by atoms with E-state index in [9.17, 15) is 4.79 Å². The summed E-state index contributed by atoms with van der Waals surface area (Å²) < 4.78 is 9.67. The van der Waals surface area contributed by atoms with Crippen molar-refractivity contribution >= 4 is 33.4 Å². The topological polar surface area (TPSA) is 48.5 Å². The number of hydrogen-bond acceptors (Lipinski definition) is 4. The van der Waals surface area contributed by atoms with Gasteiger partial charge in [0.1, 0.15) is 5.75 Å². The average molecular weight is 401 g/mol. The summed E-state index contributed by atoms with van der Waals surface area (Å²) in [4.78, 5) is 18.5. The molecule has 2 aromatic carbocycles. The molecule has 0 atom stereocenters. The lowest BCUT2D eigenvalue weighted by Gasteiger charge is -2.07. The Kier molecular flexibility index (Phi) is 4.03. The van der Waals surface area contributed by atoms with Crippen LogP contribution in [-0.2, 0) is 0 Å². The molecule has 144 valence electrons. The van der Waals surface area contributed by atoms with Crippen LogP contribution in [0.4, 0.5) is 0 Å². The smallest absolute Gasteiger partial charge is 0.275 e. The van der Waals surface area contributed by atoms with Crippen LogP contribution in [0.25, 0.3) is 27.8 Å². The molecule has 5 nitrogen and oxygen atoms in total. The second-order valence-electron chi connectivity index (χ2n) is 7.07. The maximum atomic E-state index is 13.1. The molecular formula is C23H19N3O2S. The summed E-state index contributed by atoms with van der Waals surface area (Å²) in [6.07, 6.45) is 3.91. The van der Waals surface area contributed by atoms with Crippen molar-refractivity contribution in [2.45, 2.75) is 13.8 Å². The number of thiazole rings is 1. The standard InChI is InChI=1S/C23H19N3O2S/c1-14-11-19-20(12-15(14)2)26-22(27)21(29-23(26)24-19)13-17-5-4-10-25(17)16-6-8-18(28-3)9-7-16/h4-13H,1-3H3/b21-13-. The van der Waals surface area contributed by atoms with E-state index in [4.69, 9.17) is 4.74 Å². The van der Waals surface area contributed by atoms with E-state index < -0.39 is 0 Å². The molecule has 3 heterocycles. The molecule has 0 saturated carbocycles. The number of imidazole rings is 1. The molecule has 5 rings (SSSR count). The average Bonchev–Trinajstić information content (AvgIpc) is 3.39. The molecule has 0 spiro atoms. The molecule has 0 bridgehead atoms. The van der Waals surface area contributed by atoms with Gasteiger partial charge in [-0.15, -0.1) is 0 Å². The van der Waals surface area contributed by atoms with Gasteiger partial charge in [-0.2, -0.15) is 0 Å². The molecule has 0 aliphatic heterocycles. The third-order valence-corrected chi connectivity index (χ3v) is 6.23. The Labute approximate surface area is 171 Å². The first-order valence-corrected chi connectivity index (χ1v) is 10.1. The van der Waals surface area contributed by atoms with Gasteiger partial charge in [-0.05, 0) is 79.6 Å². The van der Waals surface area contributed by atoms with Gasteiger partial charge in [0, 0.05) is 17.6 Å². The molecule has 29 heavy (non-hydrogen) atoms. The molecule has 3 aromatic heterocycles. The lowest BCUT2D eigenvalue weighted by Crippen LogP contribution is -2.23. The fourth-order valence-electron chi connectivity index (χ4n) is 3.54. The predicted octanol–water partition coefficient (Wildman–Crippen LogP) is 3.87. The summed E-state index contributed by atoms with van der Waals surface area (Å²) in [5, 5.41) is 0. The van der Waals surface area contributed by atoms with Crippen LogP contribution < -0.4 is 14.8 Å². The molecule has 0 fully saturated rings. The van der Waals surface area contributed by atoms with Crippen LogP contribution in [0.1, 0.15) is 16.8 Å². The molecule has 0 N–H and O–H groups in total. The second kappa shape index (κ2) is 6.60. The van der Waals surface area contributed by atoms with Crippen LogP contribution in [0, 0.1) is 13.8 Å². The van der Waals surface area contributed by atoms with E-state index in [2.05, 4.69) is 18.8 Å². The zero-order chi connectivity index (χ0) is 20.1. The molecular weight excluding hydrogens is 382 g/mol. The van der Waals surface area contributed by atoms with Crippen molar-refractivity contribution in [3.8, 4) is 11.4 Å². The van der Waals surface area contributed by atoms with Crippen molar-refractivity contribution in [2.24, 2.45) is 0 Å². The van der Waals surface area contributed by atoms with Gasteiger partial charge in [-0.1, -0.05) is 11.3 Å². The predicted molar refractivity (Wildman–Crippen MR) is 117 cm³/mol. The van der Waals surface area contributed by atoms with Crippen LogP contribution in [0.5, 0.6) is 5.75 Å². The molecule has 0 aliphatic rings. The molecule has 6 heteroatoms. The summed E-state index contributed by atoms with van der Waals surface area (Å²) in [7, 11) is 1.65. The number of benzene rings is 2. The van der Waals surface area contributed by atoms with Crippen molar-refractivity contribution in [2.75, 3.05) is 7.11 Å². The van der Waals surface area contributed by atoms with Gasteiger partial charge in [0.2, 0.25) is 0 Å². The first-order valence-electron chi connectivity index (χ1n) is 9.31. The summed E-state index contributed by atoms with van der Waals surface area (Å²) in [6.45, 7) is 4.12. The Morgan fingerprint density at radius 2 is 1.83 bits per heavy atom. The van der Waals surface area contributed by atoms with Gasteiger partial charge in [-0.3, -0.25) is 4.79 Å². The number of ether oxygens (including phenoxy) is 1. The summed E-state index contributed by atoms with van der Waals surface area (Å²) in [6, 6.07) is 15.9. The quantitative estimate of drug-likeness (QED) is 0.461. The molecule has 0 aliphatic carbocycles. The minimum absolute atomic E-state index is 0.0294. The highest BCUT2D eigenvalue weighted by atomic mass is 32.1. The normalized spacial score (nSPS) is 12.3. The summed E-state index contributed by atoms with van der Waals surface area (Å²) >= 11 is 1.42. The fourth-order valence-corrected chi connectivity index (χ4v) is 4.51. The number of nitrogens with zero attached hydrogens (tertiary/aromatic N) is 3. The van der Waals surface area contributed by atoms with Gasteiger partial charge >= 0.3 is 0 Å². The Hall–Kier alpha value is -3.38. The Morgan fingerprint density at radius 1 is 1.07 bits per heavy atom. The van der Waals surface area contributed by atoms with Gasteiger partial charge < -0.3 is 9.30 Å². The first kappa shape index (κ1) is 17.7. The highest BCUT2D eigenvalue weighted by Gasteiger charge is 2.13. The van der Waals surface area contributed by atoms with Crippen molar-refractivity contribution in [1.29, 1.82) is 0 Å². The molecule has 0 saturated heterocycles. The second-order valence-corrected chi connectivity index (χ2v) is 8.08. The number of methoxy groups -OCH3 is 1. The zero-order valence-electron chi connectivity index (χ0n) is 16.3. The van der Waals surface area contributed by atoms with Gasteiger partial charge in [0.15, 0.2) is 4.96 Å². The highest BCUT2D eigenvalue weighted by molar-refractivity contribution is 7.15. The number of rotatable bonds is 3. The summed E-state index contributed by atoms with van der Waals surface area (Å²) in [5.41, 5.74) is 5.99.